The number of hydrogen-bond donors (Lipinski definition) is 5. The summed E-state index contributed by atoms with van der Waals surface area (Å²) in [5.41, 5.74) is 10.2. The molecule has 1 unspecified atom stereocenters. The van der Waals surface area contributed by atoms with Crippen LogP contribution in [0.2, 0.25) is 0 Å². The zero-order valence-electron chi connectivity index (χ0n) is 25.8. The van der Waals surface area contributed by atoms with Gasteiger partial charge in [0.2, 0.25) is 5.91 Å². The number of allylic oxidation sites excluding steroid dienone is 1. The van der Waals surface area contributed by atoms with Crippen LogP contribution in [0.5, 0.6) is 11.5 Å². The van der Waals surface area contributed by atoms with Crippen molar-refractivity contribution in [3.63, 3.8) is 0 Å². The number of rotatable bonds is 8. The molecule has 3 saturated heterocycles. The lowest BCUT2D eigenvalue weighted by Gasteiger charge is -2.48. The van der Waals surface area contributed by atoms with Gasteiger partial charge in [-0.25, -0.2) is 0 Å². The Morgan fingerprint density at radius 2 is 1.43 bits per heavy atom. The van der Waals surface area contributed by atoms with E-state index in [4.69, 9.17) is 21.3 Å². The van der Waals surface area contributed by atoms with Gasteiger partial charge in [0.1, 0.15) is 17.3 Å². The molecule has 0 aromatic heterocycles. The molecule has 0 bridgehead atoms. The molecule has 46 heavy (non-hydrogen) atoms. The molecule has 3 aliphatic heterocycles. The number of nitrogens with one attached hydrogen (secondary N) is 3. The standard InChI is InChI=1S/C36H40N6O4/c37-30(28-3-1-2-4-31(28)43)23-29(34(38)39)24-5-7-25(8-6-24)41-19-15-36(16-20-41)17-21-42(22-18-36)26-9-11-27(12-10-26)46-32-13-14-33(44)40-35(32)45/h1-12,23,32,37,43H,13-22H2,(H3,38,39)(H,40,44,45)/b29-23-,37-30?. The van der Waals surface area contributed by atoms with Gasteiger partial charge in [0.05, 0.1) is 5.71 Å². The molecule has 3 aromatic carbocycles. The van der Waals surface area contributed by atoms with Gasteiger partial charge in [-0.3, -0.25) is 20.3 Å². The number of benzene rings is 3. The Morgan fingerprint density at radius 3 is 1.98 bits per heavy atom. The highest BCUT2D eigenvalue weighted by atomic mass is 16.5. The van der Waals surface area contributed by atoms with Gasteiger partial charge in [-0.15, -0.1) is 0 Å². The van der Waals surface area contributed by atoms with Gasteiger partial charge >= 0.3 is 0 Å². The molecule has 2 amide bonds. The lowest BCUT2D eigenvalue weighted by atomic mass is 9.71. The van der Waals surface area contributed by atoms with E-state index in [9.17, 15) is 14.7 Å². The number of para-hydroxylation sites is 1. The third-order valence-electron chi connectivity index (χ3n) is 9.63. The number of phenolic OH excluding ortho intramolecular Hbond substituents is 1. The number of aromatic hydroxyl groups is 1. The first kappa shape index (κ1) is 30.9. The van der Waals surface area contributed by atoms with E-state index in [0.29, 0.717) is 35.1 Å². The van der Waals surface area contributed by atoms with E-state index in [0.717, 1.165) is 68.8 Å². The van der Waals surface area contributed by atoms with Crippen molar-refractivity contribution in [1.29, 1.82) is 10.8 Å². The summed E-state index contributed by atoms with van der Waals surface area (Å²) in [6, 6.07) is 22.6. The third-order valence-corrected chi connectivity index (χ3v) is 9.63. The van der Waals surface area contributed by atoms with Gasteiger partial charge in [-0.2, -0.15) is 0 Å². The second kappa shape index (κ2) is 13.1. The fourth-order valence-electron chi connectivity index (χ4n) is 6.76. The Bertz CT molecular complexity index is 1650. The highest BCUT2D eigenvalue weighted by molar-refractivity contribution is 6.27. The fraction of sp³-hybridized carbons (Fsp3) is 0.333. The molecule has 10 nitrogen and oxygen atoms in total. The quantitative estimate of drug-likeness (QED) is 0.137. The van der Waals surface area contributed by atoms with Crippen LogP contribution in [0.4, 0.5) is 11.4 Å². The summed E-state index contributed by atoms with van der Waals surface area (Å²) in [5.74, 6) is -0.100. The van der Waals surface area contributed by atoms with Crippen molar-refractivity contribution in [3.05, 3.63) is 90.0 Å². The van der Waals surface area contributed by atoms with Gasteiger partial charge in [0.15, 0.2) is 6.10 Å². The zero-order valence-corrected chi connectivity index (χ0v) is 25.8. The number of phenols is 1. The molecule has 6 rings (SSSR count). The number of anilines is 2. The molecule has 238 valence electrons. The number of amidine groups is 1. The summed E-state index contributed by atoms with van der Waals surface area (Å²) in [7, 11) is 0. The summed E-state index contributed by atoms with van der Waals surface area (Å²) >= 11 is 0. The molecule has 1 atom stereocenters. The van der Waals surface area contributed by atoms with E-state index in [2.05, 4.69) is 27.2 Å². The lowest BCUT2D eigenvalue weighted by molar-refractivity contribution is -0.138. The van der Waals surface area contributed by atoms with Crippen LogP contribution in [0.15, 0.2) is 78.9 Å². The number of piperidine rings is 3. The van der Waals surface area contributed by atoms with Crippen LogP contribution in [0, 0.1) is 16.2 Å². The second-order valence-corrected chi connectivity index (χ2v) is 12.5. The number of imide groups is 1. The molecule has 3 aliphatic rings. The number of carbonyl (C=O) groups excluding carboxylic acids is 2. The highest BCUT2D eigenvalue weighted by Gasteiger charge is 2.38. The minimum Gasteiger partial charge on any atom is -0.507 e. The van der Waals surface area contributed by atoms with Crippen LogP contribution in [-0.4, -0.2) is 60.8 Å². The average Bonchev–Trinajstić information content (AvgIpc) is 3.06. The summed E-state index contributed by atoms with van der Waals surface area (Å²) in [4.78, 5) is 28.2. The Kier molecular flexibility index (Phi) is 8.78. The maximum Gasteiger partial charge on any atom is 0.267 e. The summed E-state index contributed by atoms with van der Waals surface area (Å²) in [5, 5.41) is 29.0. The van der Waals surface area contributed by atoms with Crippen molar-refractivity contribution in [2.45, 2.75) is 44.6 Å². The van der Waals surface area contributed by atoms with Gasteiger partial charge in [-0.05, 0) is 91.3 Å². The number of hydrogen-bond acceptors (Lipinski definition) is 8. The van der Waals surface area contributed by atoms with Crippen LogP contribution >= 0.6 is 0 Å². The molecule has 6 N–H and O–H groups in total. The van der Waals surface area contributed by atoms with E-state index >= 15 is 0 Å². The predicted octanol–water partition coefficient (Wildman–Crippen LogP) is 4.85. The number of nitrogens with zero attached hydrogens (tertiary/aromatic N) is 2. The predicted molar refractivity (Wildman–Crippen MR) is 180 cm³/mol. The van der Waals surface area contributed by atoms with Gasteiger partial charge < -0.3 is 30.8 Å². The van der Waals surface area contributed by atoms with Crippen LogP contribution in [0.25, 0.3) is 5.57 Å². The van der Waals surface area contributed by atoms with Gasteiger partial charge in [0, 0.05) is 61.5 Å². The molecular formula is C36H40N6O4. The van der Waals surface area contributed by atoms with E-state index in [1.165, 1.54) is 12.1 Å². The Labute approximate surface area is 268 Å². The smallest absolute Gasteiger partial charge is 0.267 e. The van der Waals surface area contributed by atoms with Crippen molar-refractivity contribution < 1.29 is 19.4 Å². The van der Waals surface area contributed by atoms with Crippen molar-refractivity contribution in [2.75, 3.05) is 36.0 Å². The molecule has 10 heteroatoms. The third kappa shape index (κ3) is 6.75. The maximum absolute atomic E-state index is 12.0. The molecule has 3 aromatic rings. The number of nitrogens with two attached hydrogens (primary N) is 1. The summed E-state index contributed by atoms with van der Waals surface area (Å²) < 4.78 is 5.84. The number of amides is 2. The lowest BCUT2D eigenvalue weighted by Crippen LogP contribution is -2.47. The highest BCUT2D eigenvalue weighted by Crippen LogP contribution is 2.43. The molecule has 0 saturated carbocycles. The van der Waals surface area contributed by atoms with Crippen LogP contribution in [-0.2, 0) is 9.59 Å². The molecular weight excluding hydrogens is 580 g/mol. The summed E-state index contributed by atoms with van der Waals surface area (Å²) in [6.07, 6.45) is 6.16. The van der Waals surface area contributed by atoms with Crippen molar-refractivity contribution >= 4 is 40.3 Å². The molecule has 0 radical (unpaired) electrons. The Balaban J connectivity index is 1.02. The van der Waals surface area contributed by atoms with Crippen molar-refractivity contribution in [2.24, 2.45) is 11.1 Å². The monoisotopic (exact) mass is 620 g/mol. The topological polar surface area (TPSA) is 156 Å². The Hall–Kier alpha value is -5.12. The fourth-order valence-corrected chi connectivity index (χ4v) is 6.76. The second-order valence-electron chi connectivity index (χ2n) is 12.5. The number of carbonyl (C=O) groups is 2. The SMILES string of the molecule is N=C(N)/C(=C\C(=N)c1ccccc1O)c1ccc(N2CCC3(CCN(c4ccc(OC5CCC(=O)NC5=O)cc4)CC3)CC2)cc1. The van der Waals surface area contributed by atoms with Crippen LogP contribution < -0.4 is 25.6 Å². The normalized spacial score (nSPS) is 19.9. The molecule has 0 aliphatic carbocycles. The largest absolute Gasteiger partial charge is 0.507 e. The first-order chi connectivity index (χ1) is 22.2. The average molecular weight is 621 g/mol. The van der Waals surface area contributed by atoms with E-state index < -0.39 is 6.10 Å². The molecule has 3 heterocycles. The van der Waals surface area contributed by atoms with Crippen LogP contribution in [0.1, 0.15) is 49.7 Å². The number of ether oxygens (including phenoxy) is 1. The first-order valence-electron chi connectivity index (χ1n) is 15.8. The van der Waals surface area contributed by atoms with Crippen molar-refractivity contribution in [1.82, 2.24) is 5.32 Å². The van der Waals surface area contributed by atoms with Crippen LogP contribution in [0.3, 0.4) is 0 Å². The maximum atomic E-state index is 12.0. The first-order valence-corrected chi connectivity index (χ1v) is 15.8. The van der Waals surface area contributed by atoms with E-state index in [1.807, 2.05) is 36.4 Å². The molecule has 3 fully saturated rings. The van der Waals surface area contributed by atoms with E-state index in [1.54, 1.807) is 18.2 Å². The molecule has 1 spiro atoms. The zero-order chi connectivity index (χ0) is 32.3. The van der Waals surface area contributed by atoms with E-state index in [-0.39, 0.29) is 29.1 Å². The Morgan fingerprint density at radius 1 is 0.870 bits per heavy atom. The summed E-state index contributed by atoms with van der Waals surface area (Å²) in [6.45, 7) is 3.97. The minimum absolute atomic E-state index is 0.0170. The van der Waals surface area contributed by atoms with Gasteiger partial charge in [0.25, 0.3) is 5.91 Å². The minimum atomic E-state index is -0.631. The van der Waals surface area contributed by atoms with Crippen molar-refractivity contribution in [3.8, 4) is 11.5 Å². The van der Waals surface area contributed by atoms with Gasteiger partial charge in [-0.1, -0.05) is 24.3 Å².